The van der Waals surface area contributed by atoms with Crippen molar-refractivity contribution >= 4 is 13.9 Å². The summed E-state index contributed by atoms with van der Waals surface area (Å²) >= 11 is -0.355. The van der Waals surface area contributed by atoms with Crippen LogP contribution in [0.5, 0.6) is 0 Å². The van der Waals surface area contributed by atoms with Crippen molar-refractivity contribution in [1.29, 1.82) is 0 Å². The number of benzene rings is 1. The van der Waals surface area contributed by atoms with E-state index in [0.717, 1.165) is 9.63 Å². The van der Waals surface area contributed by atoms with Crippen LogP contribution in [0.15, 0.2) is 30.3 Å². The van der Waals surface area contributed by atoms with Gasteiger partial charge in [-0.2, -0.15) is 0 Å². The second kappa shape index (κ2) is 4.51. The number of hydrogen-bond acceptors (Lipinski definition) is 0. The predicted octanol–water partition coefficient (Wildman–Crippen LogP) is 3.84. The van der Waals surface area contributed by atoms with E-state index < -0.39 is 0 Å². The Labute approximate surface area is 91.6 Å². The molecule has 0 amide bonds. The normalized spacial score (nSPS) is 28.1. The number of rotatable bonds is 2. The van der Waals surface area contributed by atoms with Crippen molar-refractivity contribution in [2.75, 3.05) is 0 Å². The third-order valence-corrected chi connectivity index (χ3v) is 9.91. The van der Waals surface area contributed by atoms with Crippen LogP contribution in [0.2, 0.25) is 9.63 Å². The van der Waals surface area contributed by atoms with Crippen LogP contribution in [-0.2, 0) is 5.32 Å². The fourth-order valence-electron chi connectivity index (χ4n) is 2.22. The van der Waals surface area contributed by atoms with Gasteiger partial charge in [0.05, 0.1) is 0 Å². The summed E-state index contributed by atoms with van der Waals surface area (Å²) in [6.07, 6.45) is 2.97. The SMILES string of the molecule is C[C@@H]1CC[C@@H](C)[Se+]1Cc1ccccc1. The van der Waals surface area contributed by atoms with Crippen molar-refractivity contribution in [1.82, 2.24) is 0 Å². The number of hydrogen-bond donors (Lipinski definition) is 0. The Bertz CT molecular complexity index is 271. The summed E-state index contributed by atoms with van der Waals surface area (Å²) in [6, 6.07) is 11.0. The summed E-state index contributed by atoms with van der Waals surface area (Å²) in [7, 11) is 0. The fourth-order valence-corrected chi connectivity index (χ4v) is 8.13. The van der Waals surface area contributed by atoms with Crippen molar-refractivity contribution < 1.29 is 0 Å². The van der Waals surface area contributed by atoms with Gasteiger partial charge in [0.15, 0.2) is 0 Å². The van der Waals surface area contributed by atoms with E-state index in [0.29, 0.717) is 0 Å². The first-order valence-corrected chi connectivity index (χ1v) is 8.68. The summed E-state index contributed by atoms with van der Waals surface area (Å²) in [6.45, 7) is 4.94. The molecule has 2 atom stereocenters. The summed E-state index contributed by atoms with van der Waals surface area (Å²) in [5, 5.41) is 1.41. The average molecular weight is 254 g/mol. The molecule has 1 aliphatic heterocycles. The predicted molar refractivity (Wildman–Crippen MR) is 64.0 cm³/mol. The van der Waals surface area contributed by atoms with Crippen LogP contribution in [0.25, 0.3) is 0 Å². The third-order valence-electron chi connectivity index (χ3n) is 3.19. The van der Waals surface area contributed by atoms with Gasteiger partial charge in [-0.25, -0.2) is 0 Å². The van der Waals surface area contributed by atoms with Gasteiger partial charge in [0.1, 0.15) is 0 Å². The van der Waals surface area contributed by atoms with Gasteiger partial charge in [-0.05, 0) is 0 Å². The molecule has 1 saturated heterocycles. The second-order valence-electron chi connectivity index (χ2n) is 4.30. The topological polar surface area (TPSA) is 0 Å². The molecule has 0 aliphatic carbocycles. The van der Waals surface area contributed by atoms with Crippen LogP contribution in [0, 0.1) is 0 Å². The van der Waals surface area contributed by atoms with Crippen LogP contribution in [0.4, 0.5) is 0 Å². The Balaban J connectivity index is 2.04. The molecule has 1 heteroatoms. The molecule has 0 N–H and O–H groups in total. The molecule has 0 spiro atoms. The fraction of sp³-hybridized carbons (Fsp3) is 0.538. The summed E-state index contributed by atoms with van der Waals surface area (Å²) in [5.41, 5.74) is 1.57. The van der Waals surface area contributed by atoms with E-state index in [1.54, 1.807) is 5.56 Å². The molecule has 2 rings (SSSR count). The maximum absolute atomic E-state index is 2.47. The van der Waals surface area contributed by atoms with E-state index in [-0.39, 0.29) is 13.9 Å². The molecule has 0 aromatic heterocycles. The van der Waals surface area contributed by atoms with Gasteiger partial charge < -0.3 is 0 Å². The molecule has 1 heterocycles. The van der Waals surface area contributed by atoms with Crippen LogP contribution < -0.4 is 0 Å². The van der Waals surface area contributed by atoms with Gasteiger partial charge >= 0.3 is 91.4 Å². The first-order chi connectivity index (χ1) is 6.77. The summed E-state index contributed by atoms with van der Waals surface area (Å²) < 4.78 is 0. The van der Waals surface area contributed by atoms with Gasteiger partial charge in [0.2, 0.25) is 0 Å². The zero-order chi connectivity index (χ0) is 9.97. The summed E-state index contributed by atoms with van der Waals surface area (Å²) in [4.78, 5) is 2.09. The Kier molecular flexibility index (Phi) is 3.30. The van der Waals surface area contributed by atoms with E-state index in [1.807, 2.05) is 0 Å². The Morgan fingerprint density at radius 1 is 1.07 bits per heavy atom. The van der Waals surface area contributed by atoms with Crippen LogP contribution in [0.1, 0.15) is 32.3 Å². The van der Waals surface area contributed by atoms with Crippen LogP contribution in [0.3, 0.4) is 0 Å². The zero-order valence-electron chi connectivity index (χ0n) is 9.07. The van der Waals surface area contributed by atoms with E-state index in [2.05, 4.69) is 44.2 Å². The molecule has 0 radical (unpaired) electrons. The average Bonchev–Trinajstić information content (AvgIpc) is 2.51. The quantitative estimate of drug-likeness (QED) is 0.703. The van der Waals surface area contributed by atoms with E-state index in [9.17, 15) is 0 Å². The Hall–Kier alpha value is -0.261. The van der Waals surface area contributed by atoms with Crippen molar-refractivity contribution in [3.05, 3.63) is 35.9 Å². The minimum absolute atomic E-state index is 0.355. The first kappa shape index (κ1) is 10.3. The molecule has 76 valence electrons. The minimum atomic E-state index is -0.355. The van der Waals surface area contributed by atoms with Gasteiger partial charge in [-0.1, -0.05) is 0 Å². The van der Waals surface area contributed by atoms with Crippen molar-refractivity contribution in [3.8, 4) is 0 Å². The molecular formula is C13H19Se+. The van der Waals surface area contributed by atoms with Crippen molar-refractivity contribution in [2.24, 2.45) is 0 Å². The van der Waals surface area contributed by atoms with E-state index >= 15 is 0 Å². The molecule has 1 aromatic carbocycles. The first-order valence-electron chi connectivity index (χ1n) is 5.50. The molecule has 0 nitrogen and oxygen atoms in total. The standard InChI is InChI=1S/C13H19Se/c1-11-8-9-12(2)14(11)10-13-6-4-3-5-7-13/h3-7,11-12H,8-10H2,1-2H3/q+1/t11-,12-/m1/s1. The molecular weight excluding hydrogens is 235 g/mol. The molecule has 1 fully saturated rings. The van der Waals surface area contributed by atoms with Crippen LogP contribution in [-0.4, -0.2) is 13.9 Å². The van der Waals surface area contributed by atoms with Crippen LogP contribution >= 0.6 is 0 Å². The zero-order valence-corrected chi connectivity index (χ0v) is 10.8. The molecule has 0 saturated carbocycles. The van der Waals surface area contributed by atoms with Crippen molar-refractivity contribution in [3.63, 3.8) is 0 Å². The second-order valence-corrected chi connectivity index (χ2v) is 10.3. The van der Waals surface area contributed by atoms with Gasteiger partial charge in [0, 0.05) is 0 Å². The monoisotopic (exact) mass is 255 g/mol. The maximum atomic E-state index is 2.47. The Morgan fingerprint density at radius 2 is 1.64 bits per heavy atom. The van der Waals surface area contributed by atoms with E-state index in [1.165, 1.54) is 18.2 Å². The van der Waals surface area contributed by atoms with Gasteiger partial charge in [-0.15, -0.1) is 0 Å². The van der Waals surface area contributed by atoms with E-state index in [4.69, 9.17) is 0 Å². The third kappa shape index (κ3) is 2.21. The molecule has 0 bridgehead atoms. The molecule has 0 unspecified atom stereocenters. The molecule has 1 aliphatic rings. The summed E-state index contributed by atoms with van der Waals surface area (Å²) in [5.74, 6) is 0. The van der Waals surface area contributed by atoms with Crippen molar-refractivity contribution in [2.45, 2.75) is 41.6 Å². The molecule has 1 aromatic rings. The Morgan fingerprint density at radius 3 is 2.21 bits per heavy atom. The van der Waals surface area contributed by atoms with Gasteiger partial charge in [-0.3, -0.25) is 0 Å². The van der Waals surface area contributed by atoms with Gasteiger partial charge in [0.25, 0.3) is 0 Å². The molecule has 14 heavy (non-hydrogen) atoms.